The van der Waals surface area contributed by atoms with Gasteiger partial charge in [-0.3, -0.25) is 0 Å². The van der Waals surface area contributed by atoms with E-state index in [0.29, 0.717) is 12.2 Å². The monoisotopic (exact) mass is 408 g/mol. The molecule has 0 spiro atoms. The molecule has 2 unspecified atom stereocenters. The van der Waals surface area contributed by atoms with Gasteiger partial charge in [0.15, 0.2) is 0 Å². The summed E-state index contributed by atoms with van der Waals surface area (Å²) in [5, 5.41) is 20.2. The predicted octanol–water partition coefficient (Wildman–Crippen LogP) is 6.41. The molecule has 0 saturated heterocycles. The van der Waals surface area contributed by atoms with E-state index >= 15 is 0 Å². The van der Waals surface area contributed by atoms with Crippen LogP contribution in [-0.4, -0.2) is 22.4 Å². The van der Waals surface area contributed by atoms with E-state index in [-0.39, 0.29) is 18.2 Å². The highest BCUT2D eigenvalue weighted by atomic mass is 19.1. The molecule has 0 bridgehead atoms. The molecular weight excluding hydrogens is 379 g/mol. The van der Waals surface area contributed by atoms with E-state index in [2.05, 4.69) is 13.8 Å². The quantitative estimate of drug-likeness (QED) is 0.453. The molecule has 1 aromatic heterocycles. The van der Waals surface area contributed by atoms with Gasteiger partial charge in [0.05, 0.1) is 12.2 Å². The molecule has 0 aliphatic heterocycles. The number of halogens is 1. The van der Waals surface area contributed by atoms with Crippen molar-refractivity contribution in [2.45, 2.75) is 51.7 Å². The van der Waals surface area contributed by atoms with Crippen molar-refractivity contribution in [2.24, 2.45) is 0 Å². The average Bonchev–Trinajstić information content (AvgIpc) is 3.13. The molecule has 2 atom stereocenters. The highest BCUT2D eigenvalue weighted by Crippen LogP contribution is 2.42. The van der Waals surface area contributed by atoms with Gasteiger partial charge < -0.3 is 14.6 Å². The van der Waals surface area contributed by atoms with Crippen LogP contribution in [0.5, 0.6) is 0 Å². The van der Waals surface area contributed by atoms with Gasteiger partial charge in [-0.25, -0.2) is 4.39 Å². The van der Waals surface area contributed by atoms with Crippen LogP contribution < -0.4 is 0 Å². The smallest absolute Gasteiger partial charge is 0.142 e. The summed E-state index contributed by atoms with van der Waals surface area (Å²) < 4.78 is 19.9. The molecular formula is C26H29FO3. The van der Waals surface area contributed by atoms with Gasteiger partial charge >= 0.3 is 0 Å². The lowest BCUT2D eigenvalue weighted by Crippen LogP contribution is -2.14. The second-order valence-electron chi connectivity index (χ2n) is 7.84. The van der Waals surface area contributed by atoms with E-state index in [1.807, 2.05) is 43.3 Å². The van der Waals surface area contributed by atoms with E-state index in [0.717, 1.165) is 28.0 Å². The summed E-state index contributed by atoms with van der Waals surface area (Å²) in [4.78, 5) is 0. The Bertz CT molecular complexity index is 972. The molecule has 2 aromatic carbocycles. The minimum Gasteiger partial charge on any atom is -0.459 e. The molecule has 1 heterocycles. The van der Waals surface area contributed by atoms with Crippen LogP contribution in [0, 0.1) is 5.82 Å². The molecule has 0 amide bonds. The van der Waals surface area contributed by atoms with E-state index < -0.39 is 12.2 Å². The molecule has 0 aliphatic rings. The lowest BCUT2D eigenvalue weighted by atomic mass is 9.94. The summed E-state index contributed by atoms with van der Waals surface area (Å²) in [5.74, 6) is 1.33. The van der Waals surface area contributed by atoms with Gasteiger partial charge in [-0.15, -0.1) is 0 Å². The zero-order valence-electron chi connectivity index (χ0n) is 17.7. The second kappa shape index (κ2) is 9.88. The van der Waals surface area contributed by atoms with Crippen LogP contribution in [-0.2, 0) is 0 Å². The molecule has 0 saturated carbocycles. The molecule has 3 rings (SSSR count). The summed E-state index contributed by atoms with van der Waals surface area (Å²) >= 11 is 0. The van der Waals surface area contributed by atoms with Crippen LogP contribution in [0.2, 0.25) is 0 Å². The third kappa shape index (κ3) is 5.07. The summed E-state index contributed by atoms with van der Waals surface area (Å²) in [7, 11) is 0. The Morgan fingerprint density at radius 3 is 2.23 bits per heavy atom. The fourth-order valence-corrected chi connectivity index (χ4v) is 3.48. The lowest BCUT2D eigenvalue weighted by molar-refractivity contribution is 0.102. The fourth-order valence-electron chi connectivity index (χ4n) is 3.48. The Hall–Kier alpha value is -2.69. The first kappa shape index (κ1) is 22.0. The van der Waals surface area contributed by atoms with Crippen LogP contribution in [0.4, 0.5) is 4.39 Å². The van der Waals surface area contributed by atoms with Gasteiger partial charge in [-0.2, -0.15) is 0 Å². The number of rotatable bonds is 8. The number of aliphatic hydroxyl groups excluding tert-OH is 2. The third-order valence-corrected chi connectivity index (χ3v) is 5.14. The van der Waals surface area contributed by atoms with E-state index in [1.165, 1.54) is 12.1 Å². The van der Waals surface area contributed by atoms with Crippen molar-refractivity contribution in [3.63, 3.8) is 0 Å². The zero-order chi connectivity index (χ0) is 21.7. The van der Waals surface area contributed by atoms with Crippen molar-refractivity contribution in [1.29, 1.82) is 0 Å². The molecule has 3 nitrogen and oxygen atoms in total. The number of aliphatic hydroxyl groups is 2. The number of furan rings is 1. The molecule has 0 aliphatic carbocycles. The molecule has 4 heteroatoms. The Balaban J connectivity index is 2.16. The van der Waals surface area contributed by atoms with Gasteiger partial charge in [0.1, 0.15) is 17.3 Å². The Morgan fingerprint density at radius 1 is 0.967 bits per heavy atom. The molecule has 0 fully saturated rings. The van der Waals surface area contributed by atoms with Crippen molar-refractivity contribution in [3.05, 3.63) is 77.8 Å². The Morgan fingerprint density at radius 2 is 1.63 bits per heavy atom. The average molecular weight is 409 g/mol. The van der Waals surface area contributed by atoms with Crippen molar-refractivity contribution in [3.8, 4) is 22.5 Å². The first-order valence-electron chi connectivity index (χ1n) is 10.4. The van der Waals surface area contributed by atoms with Crippen molar-refractivity contribution < 1.29 is 19.0 Å². The third-order valence-electron chi connectivity index (χ3n) is 5.14. The standard InChI is InChI=1S/C26H29FO3/c1-4-21(28)16-22(29)14-15-23-24(18-10-12-20(27)13-11-18)26(30-25(23)17(2)3)19-8-6-5-7-9-19/h5-15,17,21-22,28-29H,4,16H2,1-3H3. The fraction of sp³-hybridized carbons (Fsp3) is 0.308. The summed E-state index contributed by atoms with van der Waals surface area (Å²) in [6.07, 6.45) is 3.10. The molecule has 2 N–H and O–H groups in total. The van der Waals surface area contributed by atoms with Crippen molar-refractivity contribution in [2.75, 3.05) is 0 Å². The van der Waals surface area contributed by atoms with Crippen molar-refractivity contribution in [1.82, 2.24) is 0 Å². The number of hydrogen-bond donors (Lipinski definition) is 2. The van der Waals surface area contributed by atoms with Gasteiger partial charge in [0.2, 0.25) is 0 Å². The van der Waals surface area contributed by atoms with E-state index in [9.17, 15) is 14.6 Å². The van der Waals surface area contributed by atoms with Crippen LogP contribution >= 0.6 is 0 Å². The van der Waals surface area contributed by atoms with E-state index in [1.54, 1.807) is 18.2 Å². The van der Waals surface area contributed by atoms with Crippen LogP contribution in [0.1, 0.15) is 50.9 Å². The molecule has 158 valence electrons. The highest BCUT2D eigenvalue weighted by Gasteiger charge is 2.23. The normalized spacial score (nSPS) is 13.8. The Labute approximate surface area is 177 Å². The van der Waals surface area contributed by atoms with E-state index in [4.69, 9.17) is 4.42 Å². The lowest BCUT2D eigenvalue weighted by Gasteiger charge is -2.11. The maximum atomic E-state index is 13.6. The maximum absolute atomic E-state index is 13.6. The topological polar surface area (TPSA) is 53.6 Å². The van der Waals surface area contributed by atoms with Gasteiger partial charge in [0.25, 0.3) is 0 Å². The first-order valence-corrected chi connectivity index (χ1v) is 10.4. The minimum atomic E-state index is -0.767. The van der Waals surface area contributed by atoms with Gasteiger partial charge in [0, 0.05) is 29.0 Å². The van der Waals surface area contributed by atoms with Crippen LogP contribution in [0.25, 0.3) is 28.5 Å². The van der Waals surface area contributed by atoms with Crippen molar-refractivity contribution >= 4 is 6.08 Å². The van der Waals surface area contributed by atoms with Crippen LogP contribution in [0.3, 0.4) is 0 Å². The minimum absolute atomic E-state index is 0.111. The first-order chi connectivity index (χ1) is 14.4. The predicted molar refractivity (Wildman–Crippen MR) is 120 cm³/mol. The zero-order valence-corrected chi connectivity index (χ0v) is 17.7. The van der Waals surface area contributed by atoms with Gasteiger partial charge in [-0.05, 0) is 24.1 Å². The SMILES string of the molecule is CCC(O)CC(O)C=Cc1c(C(C)C)oc(-c2ccccc2)c1-c1ccc(F)cc1. The molecule has 0 radical (unpaired) electrons. The summed E-state index contributed by atoms with van der Waals surface area (Å²) in [6.45, 7) is 5.99. The van der Waals surface area contributed by atoms with Gasteiger partial charge in [-0.1, -0.05) is 75.4 Å². The number of hydrogen-bond acceptors (Lipinski definition) is 3. The summed E-state index contributed by atoms with van der Waals surface area (Å²) in [5.41, 5.74) is 3.50. The largest absolute Gasteiger partial charge is 0.459 e. The molecule has 30 heavy (non-hydrogen) atoms. The second-order valence-corrected chi connectivity index (χ2v) is 7.84. The highest BCUT2D eigenvalue weighted by molar-refractivity contribution is 5.88. The number of benzene rings is 2. The van der Waals surface area contributed by atoms with Crippen LogP contribution in [0.15, 0.2) is 65.1 Å². The molecule has 3 aromatic rings. The Kier molecular flexibility index (Phi) is 7.24. The maximum Gasteiger partial charge on any atom is 0.142 e. The summed E-state index contributed by atoms with van der Waals surface area (Å²) in [6, 6.07) is 16.2.